The van der Waals surface area contributed by atoms with Gasteiger partial charge in [0, 0.05) is 22.9 Å². The maximum absolute atomic E-state index is 4.40. The SMILES string of the molecule is CC(Nc1nccn1C1CC1)c1ccc(Br)cc1. The third-order valence-electron chi connectivity index (χ3n) is 3.32. The molecular formula is C14H16BrN3. The molecule has 1 fully saturated rings. The van der Waals surface area contributed by atoms with Crippen LogP contribution in [0.3, 0.4) is 0 Å². The third kappa shape index (κ3) is 2.43. The molecular weight excluding hydrogens is 290 g/mol. The first-order chi connectivity index (χ1) is 8.74. The molecule has 1 aromatic carbocycles. The molecule has 94 valence electrons. The van der Waals surface area contributed by atoms with Gasteiger partial charge in [-0.25, -0.2) is 4.98 Å². The van der Waals surface area contributed by atoms with Crippen molar-refractivity contribution < 1.29 is 0 Å². The van der Waals surface area contributed by atoms with E-state index in [1.54, 1.807) is 0 Å². The van der Waals surface area contributed by atoms with E-state index in [1.807, 2.05) is 6.20 Å². The Hall–Kier alpha value is -1.29. The second-order valence-electron chi connectivity index (χ2n) is 4.81. The van der Waals surface area contributed by atoms with Gasteiger partial charge in [0.1, 0.15) is 0 Å². The van der Waals surface area contributed by atoms with Crippen LogP contribution in [-0.2, 0) is 0 Å². The van der Waals surface area contributed by atoms with Crippen LogP contribution in [0.15, 0.2) is 41.1 Å². The van der Waals surface area contributed by atoms with Crippen molar-refractivity contribution >= 4 is 21.9 Å². The van der Waals surface area contributed by atoms with Gasteiger partial charge in [-0.2, -0.15) is 0 Å². The van der Waals surface area contributed by atoms with Crippen LogP contribution < -0.4 is 5.32 Å². The number of halogens is 1. The molecule has 3 nitrogen and oxygen atoms in total. The van der Waals surface area contributed by atoms with Crippen LogP contribution in [0.4, 0.5) is 5.95 Å². The van der Waals surface area contributed by atoms with E-state index in [2.05, 4.69) is 68.2 Å². The number of nitrogens with zero attached hydrogens (tertiary/aromatic N) is 2. The zero-order valence-corrected chi connectivity index (χ0v) is 11.9. The normalized spacial score (nSPS) is 16.6. The van der Waals surface area contributed by atoms with E-state index in [1.165, 1.54) is 18.4 Å². The largest absolute Gasteiger partial charge is 0.349 e. The van der Waals surface area contributed by atoms with Crippen LogP contribution in [-0.4, -0.2) is 9.55 Å². The van der Waals surface area contributed by atoms with Crippen molar-refractivity contribution in [2.24, 2.45) is 0 Å². The summed E-state index contributed by atoms with van der Waals surface area (Å²) in [6.07, 6.45) is 6.48. The number of aromatic nitrogens is 2. The highest BCUT2D eigenvalue weighted by Crippen LogP contribution is 2.37. The lowest BCUT2D eigenvalue weighted by Crippen LogP contribution is -2.11. The second-order valence-corrected chi connectivity index (χ2v) is 5.72. The van der Waals surface area contributed by atoms with Crippen LogP contribution in [0, 0.1) is 0 Å². The molecule has 1 N–H and O–H groups in total. The Morgan fingerprint density at radius 1 is 1.33 bits per heavy atom. The number of benzene rings is 1. The minimum absolute atomic E-state index is 0.262. The molecule has 1 aliphatic rings. The molecule has 1 unspecified atom stereocenters. The van der Waals surface area contributed by atoms with Gasteiger partial charge in [-0.1, -0.05) is 28.1 Å². The van der Waals surface area contributed by atoms with Crippen molar-refractivity contribution in [3.63, 3.8) is 0 Å². The summed E-state index contributed by atoms with van der Waals surface area (Å²) >= 11 is 3.46. The Kier molecular flexibility index (Phi) is 3.12. The van der Waals surface area contributed by atoms with Gasteiger partial charge in [0.25, 0.3) is 0 Å². The number of hydrogen-bond acceptors (Lipinski definition) is 2. The van der Waals surface area contributed by atoms with E-state index < -0.39 is 0 Å². The van der Waals surface area contributed by atoms with E-state index in [4.69, 9.17) is 0 Å². The Balaban J connectivity index is 1.75. The van der Waals surface area contributed by atoms with Crippen LogP contribution in [0.1, 0.15) is 37.4 Å². The minimum Gasteiger partial charge on any atom is -0.349 e. The molecule has 1 heterocycles. The summed E-state index contributed by atoms with van der Waals surface area (Å²) in [5.41, 5.74) is 1.27. The molecule has 0 radical (unpaired) electrons. The lowest BCUT2D eigenvalue weighted by atomic mass is 10.1. The van der Waals surface area contributed by atoms with E-state index in [0.29, 0.717) is 6.04 Å². The van der Waals surface area contributed by atoms with Crippen molar-refractivity contribution in [1.29, 1.82) is 0 Å². The van der Waals surface area contributed by atoms with E-state index >= 15 is 0 Å². The molecule has 0 amide bonds. The van der Waals surface area contributed by atoms with Crippen molar-refractivity contribution in [3.8, 4) is 0 Å². The fourth-order valence-electron chi connectivity index (χ4n) is 2.10. The first-order valence-corrected chi connectivity index (χ1v) is 7.08. The van der Waals surface area contributed by atoms with E-state index in [-0.39, 0.29) is 6.04 Å². The van der Waals surface area contributed by atoms with E-state index in [9.17, 15) is 0 Å². The van der Waals surface area contributed by atoms with Gasteiger partial charge < -0.3 is 9.88 Å². The van der Waals surface area contributed by atoms with Gasteiger partial charge >= 0.3 is 0 Å². The maximum Gasteiger partial charge on any atom is 0.203 e. The summed E-state index contributed by atoms with van der Waals surface area (Å²) in [6.45, 7) is 2.16. The first kappa shape index (κ1) is 11.8. The number of anilines is 1. The lowest BCUT2D eigenvalue weighted by molar-refractivity contribution is 0.727. The predicted octanol–water partition coefficient (Wildman–Crippen LogP) is 4.15. The molecule has 3 rings (SSSR count). The van der Waals surface area contributed by atoms with Crippen molar-refractivity contribution in [3.05, 3.63) is 46.7 Å². The number of nitrogens with one attached hydrogen (secondary N) is 1. The van der Waals surface area contributed by atoms with Crippen molar-refractivity contribution in [1.82, 2.24) is 9.55 Å². The quantitative estimate of drug-likeness (QED) is 0.919. The van der Waals surface area contributed by atoms with Gasteiger partial charge in [-0.3, -0.25) is 0 Å². The molecule has 1 saturated carbocycles. The predicted molar refractivity (Wildman–Crippen MR) is 76.7 cm³/mol. The highest BCUT2D eigenvalue weighted by atomic mass is 79.9. The fourth-order valence-corrected chi connectivity index (χ4v) is 2.36. The Labute approximate surface area is 115 Å². The monoisotopic (exact) mass is 305 g/mol. The van der Waals surface area contributed by atoms with Gasteiger partial charge in [0.15, 0.2) is 0 Å². The summed E-state index contributed by atoms with van der Waals surface area (Å²) in [5, 5.41) is 3.48. The molecule has 2 aromatic rings. The second kappa shape index (κ2) is 4.76. The molecule has 0 spiro atoms. The molecule has 1 atom stereocenters. The number of rotatable bonds is 4. The molecule has 0 aliphatic heterocycles. The number of imidazole rings is 1. The average Bonchev–Trinajstić information content (AvgIpc) is 3.11. The lowest BCUT2D eigenvalue weighted by Gasteiger charge is -2.16. The highest BCUT2D eigenvalue weighted by Gasteiger charge is 2.25. The van der Waals surface area contributed by atoms with Crippen molar-refractivity contribution in [2.75, 3.05) is 5.32 Å². The summed E-state index contributed by atoms with van der Waals surface area (Å²) in [7, 11) is 0. The summed E-state index contributed by atoms with van der Waals surface area (Å²) in [4.78, 5) is 4.40. The molecule has 0 bridgehead atoms. The summed E-state index contributed by atoms with van der Waals surface area (Å²) in [6, 6.07) is 9.32. The molecule has 0 saturated heterocycles. The zero-order chi connectivity index (χ0) is 12.5. The average molecular weight is 306 g/mol. The Morgan fingerprint density at radius 3 is 2.72 bits per heavy atom. The standard InChI is InChI=1S/C14H16BrN3/c1-10(11-2-4-12(15)5-3-11)17-14-16-8-9-18(14)13-6-7-13/h2-5,8-10,13H,6-7H2,1H3,(H,16,17). The third-order valence-corrected chi connectivity index (χ3v) is 3.85. The van der Waals surface area contributed by atoms with Gasteiger partial charge in [-0.05, 0) is 37.5 Å². The van der Waals surface area contributed by atoms with E-state index in [0.717, 1.165) is 10.4 Å². The smallest absolute Gasteiger partial charge is 0.203 e. The molecule has 18 heavy (non-hydrogen) atoms. The zero-order valence-electron chi connectivity index (χ0n) is 10.3. The maximum atomic E-state index is 4.40. The topological polar surface area (TPSA) is 29.9 Å². The highest BCUT2D eigenvalue weighted by molar-refractivity contribution is 9.10. The van der Waals surface area contributed by atoms with Crippen molar-refractivity contribution in [2.45, 2.75) is 31.8 Å². The summed E-state index contributed by atoms with van der Waals surface area (Å²) in [5.74, 6) is 0.980. The minimum atomic E-state index is 0.262. The first-order valence-electron chi connectivity index (χ1n) is 6.29. The fraction of sp³-hybridized carbons (Fsp3) is 0.357. The van der Waals surface area contributed by atoms with Gasteiger partial charge in [-0.15, -0.1) is 0 Å². The van der Waals surface area contributed by atoms with Crippen LogP contribution >= 0.6 is 15.9 Å². The van der Waals surface area contributed by atoms with Crippen LogP contribution in [0.5, 0.6) is 0 Å². The molecule has 1 aromatic heterocycles. The molecule has 1 aliphatic carbocycles. The molecule has 4 heteroatoms. The number of hydrogen-bond donors (Lipinski definition) is 1. The Morgan fingerprint density at radius 2 is 2.06 bits per heavy atom. The van der Waals surface area contributed by atoms with Crippen LogP contribution in [0.25, 0.3) is 0 Å². The van der Waals surface area contributed by atoms with Gasteiger partial charge in [0.2, 0.25) is 5.95 Å². The van der Waals surface area contributed by atoms with Crippen LogP contribution in [0.2, 0.25) is 0 Å². The Bertz CT molecular complexity index is 528. The van der Waals surface area contributed by atoms with Gasteiger partial charge in [0.05, 0.1) is 6.04 Å². The summed E-state index contributed by atoms with van der Waals surface area (Å²) < 4.78 is 3.35.